The molecular weight excluding hydrogens is 314 g/mol. The number of aromatic nitrogens is 2. The SMILES string of the molecule is CC1(O)CCCN(S(=O)(=O)c2c(NN)nc3sccn23)C1. The number of nitrogens with two attached hydrogens (primary N) is 1. The standard InChI is InChI=1S/C11H17N5O3S2/c1-11(17)3-2-4-15(7-11)21(18,19)9-8(14-12)13-10-16(9)5-6-20-10/h5-6,14,17H,2-4,7,12H2,1H3. The fraction of sp³-hybridized carbons (Fsp3) is 0.545. The van der Waals surface area contributed by atoms with Crippen molar-refractivity contribution in [1.82, 2.24) is 13.7 Å². The van der Waals surface area contributed by atoms with E-state index in [0.29, 0.717) is 24.3 Å². The van der Waals surface area contributed by atoms with Crippen LogP contribution >= 0.6 is 11.3 Å². The van der Waals surface area contributed by atoms with E-state index in [-0.39, 0.29) is 17.4 Å². The van der Waals surface area contributed by atoms with Gasteiger partial charge < -0.3 is 10.5 Å². The van der Waals surface area contributed by atoms with Gasteiger partial charge in [0.1, 0.15) is 0 Å². The zero-order chi connectivity index (χ0) is 15.3. The molecule has 1 fully saturated rings. The van der Waals surface area contributed by atoms with Crippen molar-refractivity contribution in [3.05, 3.63) is 11.6 Å². The van der Waals surface area contributed by atoms with Gasteiger partial charge in [-0.2, -0.15) is 9.29 Å². The summed E-state index contributed by atoms with van der Waals surface area (Å²) in [6.07, 6.45) is 2.84. The number of β-amino-alcohol motifs (C(OH)–C–C–N with tert-alkyl or cyclic N) is 1. The Labute approximate surface area is 126 Å². The van der Waals surface area contributed by atoms with Gasteiger partial charge in [-0.05, 0) is 19.8 Å². The van der Waals surface area contributed by atoms with Gasteiger partial charge in [-0.3, -0.25) is 4.40 Å². The zero-order valence-corrected chi connectivity index (χ0v) is 13.1. The van der Waals surface area contributed by atoms with Gasteiger partial charge in [0.2, 0.25) is 5.03 Å². The van der Waals surface area contributed by atoms with Crippen LogP contribution in [0, 0.1) is 0 Å². The van der Waals surface area contributed by atoms with Crippen molar-refractivity contribution >= 4 is 32.1 Å². The summed E-state index contributed by atoms with van der Waals surface area (Å²) in [5.74, 6) is 5.52. The molecule has 0 amide bonds. The van der Waals surface area contributed by atoms with Crippen molar-refractivity contribution in [2.45, 2.75) is 30.4 Å². The summed E-state index contributed by atoms with van der Waals surface area (Å²) in [6.45, 7) is 2.09. The van der Waals surface area contributed by atoms with Crippen LogP contribution in [0.25, 0.3) is 4.96 Å². The number of hydrazine groups is 1. The summed E-state index contributed by atoms with van der Waals surface area (Å²) in [5, 5.41) is 11.9. The van der Waals surface area contributed by atoms with E-state index >= 15 is 0 Å². The minimum Gasteiger partial charge on any atom is -0.389 e. The van der Waals surface area contributed by atoms with Crippen LogP contribution < -0.4 is 11.3 Å². The van der Waals surface area contributed by atoms with Crippen LogP contribution in [0.2, 0.25) is 0 Å². The average Bonchev–Trinajstić information content (AvgIpc) is 2.96. The van der Waals surface area contributed by atoms with Gasteiger partial charge in [0, 0.05) is 24.7 Å². The van der Waals surface area contributed by atoms with E-state index in [2.05, 4.69) is 10.4 Å². The van der Waals surface area contributed by atoms with Gasteiger partial charge in [-0.15, -0.1) is 11.3 Å². The molecule has 0 saturated carbocycles. The van der Waals surface area contributed by atoms with E-state index in [9.17, 15) is 13.5 Å². The molecule has 0 radical (unpaired) electrons. The van der Waals surface area contributed by atoms with Crippen LogP contribution in [0.3, 0.4) is 0 Å². The number of thiazole rings is 1. The van der Waals surface area contributed by atoms with Crippen molar-refractivity contribution in [2.24, 2.45) is 5.84 Å². The number of aliphatic hydroxyl groups is 1. The maximum absolute atomic E-state index is 12.9. The number of nitrogen functional groups attached to an aromatic ring is 1. The Kier molecular flexibility index (Phi) is 3.45. The number of nitrogens with zero attached hydrogens (tertiary/aromatic N) is 3. The van der Waals surface area contributed by atoms with Crippen molar-refractivity contribution in [2.75, 3.05) is 18.5 Å². The average molecular weight is 331 g/mol. The number of sulfonamides is 1. The fourth-order valence-electron chi connectivity index (χ4n) is 2.61. The zero-order valence-electron chi connectivity index (χ0n) is 11.5. The molecule has 2 aromatic rings. The minimum absolute atomic E-state index is 0.0129. The van der Waals surface area contributed by atoms with E-state index in [1.807, 2.05) is 0 Å². The second kappa shape index (κ2) is 4.92. The van der Waals surface area contributed by atoms with Crippen molar-refractivity contribution < 1.29 is 13.5 Å². The Bertz CT molecular complexity index is 764. The van der Waals surface area contributed by atoms with E-state index in [1.165, 1.54) is 20.0 Å². The fourth-order valence-corrected chi connectivity index (χ4v) is 5.19. The Balaban J connectivity index is 2.09. The summed E-state index contributed by atoms with van der Waals surface area (Å²) in [6, 6.07) is 0. The highest BCUT2D eigenvalue weighted by atomic mass is 32.2. The first kappa shape index (κ1) is 14.7. The molecular formula is C11H17N5O3S2. The predicted molar refractivity (Wildman–Crippen MR) is 79.5 cm³/mol. The molecule has 1 aliphatic heterocycles. The van der Waals surface area contributed by atoms with E-state index in [0.717, 1.165) is 0 Å². The first-order valence-electron chi connectivity index (χ1n) is 6.50. The number of anilines is 1. The third kappa shape index (κ3) is 2.42. The molecule has 1 saturated heterocycles. The lowest BCUT2D eigenvalue weighted by atomic mass is 9.97. The first-order chi connectivity index (χ1) is 9.85. The third-order valence-electron chi connectivity index (χ3n) is 3.58. The number of hydrogen-bond donors (Lipinski definition) is 3. The van der Waals surface area contributed by atoms with Crippen LogP contribution in [0.4, 0.5) is 5.82 Å². The number of hydrogen-bond acceptors (Lipinski definition) is 7. The molecule has 0 aromatic carbocycles. The normalized spacial score (nSPS) is 24.5. The monoisotopic (exact) mass is 331 g/mol. The summed E-state index contributed by atoms with van der Waals surface area (Å²) in [7, 11) is -3.79. The van der Waals surface area contributed by atoms with E-state index in [1.54, 1.807) is 18.5 Å². The molecule has 4 N–H and O–H groups in total. The number of fused-ring (bicyclic) bond motifs is 1. The molecule has 116 valence electrons. The second-order valence-electron chi connectivity index (χ2n) is 5.40. The van der Waals surface area contributed by atoms with Crippen LogP contribution in [0.5, 0.6) is 0 Å². The largest absolute Gasteiger partial charge is 0.389 e. The molecule has 3 rings (SSSR count). The quantitative estimate of drug-likeness (QED) is 0.548. The highest BCUT2D eigenvalue weighted by Crippen LogP contribution is 2.31. The van der Waals surface area contributed by atoms with Crippen molar-refractivity contribution in [3.8, 4) is 0 Å². The molecule has 0 spiro atoms. The third-order valence-corrected chi connectivity index (χ3v) is 6.21. The van der Waals surface area contributed by atoms with Crippen molar-refractivity contribution in [1.29, 1.82) is 0 Å². The number of imidazole rings is 1. The highest BCUT2D eigenvalue weighted by Gasteiger charge is 2.38. The van der Waals surface area contributed by atoms with Crippen LogP contribution in [0.1, 0.15) is 19.8 Å². The lowest BCUT2D eigenvalue weighted by molar-refractivity contribution is 0.00933. The Morgan fingerprint density at radius 3 is 3.00 bits per heavy atom. The van der Waals surface area contributed by atoms with Gasteiger partial charge in [0.15, 0.2) is 10.8 Å². The van der Waals surface area contributed by atoms with Crippen LogP contribution in [-0.2, 0) is 10.0 Å². The topological polar surface area (TPSA) is 113 Å². The lowest BCUT2D eigenvalue weighted by Crippen LogP contribution is -2.48. The second-order valence-corrected chi connectivity index (χ2v) is 8.13. The molecule has 21 heavy (non-hydrogen) atoms. The molecule has 8 nitrogen and oxygen atoms in total. The molecule has 1 atom stereocenters. The molecule has 0 aliphatic carbocycles. The maximum atomic E-state index is 12.9. The van der Waals surface area contributed by atoms with Crippen LogP contribution in [0.15, 0.2) is 16.6 Å². The minimum atomic E-state index is -3.79. The van der Waals surface area contributed by atoms with Gasteiger partial charge >= 0.3 is 0 Å². The Morgan fingerprint density at radius 2 is 2.33 bits per heavy atom. The van der Waals surface area contributed by atoms with Crippen LogP contribution in [-0.4, -0.2) is 45.9 Å². The smallest absolute Gasteiger partial charge is 0.263 e. The summed E-state index contributed by atoms with van der Waals surface area (Å²) in [4.78, 5) is 4.71. The summed E-state index contributed by atoms with van der Waals surface area (Å²) >= 11 is 1.32. The molecule has 10 heteroatoms. The summed E-state index contributed by atoms with van der Waals surface area (Å²) < 4.78 is 28.6. The highest BCUT2D eigenvalue weighted by molar-refractivity contribution is 7.89. The number of rotatable bonds is 3. The molecule has 0 bridgehead atoms. The first-order valence-corrected chi connectivity index (χ1v) is 8.82. The maximum Gasteiger partial charge on any atom is 0.263 e. The summed E-state index contributed by atoms with van der Waals surface area (Å²) in [5.41, 5.74) is 1.33. The Morgan fingerprint density at radius 1 is 1.57 bits per heavy atom. The number of nitrogens with one attached hydrogen (secondary N) is 1. The van der Waals surface area contributed by atoms with Gasteiger partial charge in [0.05, 0.1) is 5.60 Å². The van der Waals surface area contributed by atoms with Crippen molar-refractivity contribution in [3.63, 3.8) is 0 Å². The van der Waals surface area contributed by atoms with E-state index in [4.69, 9.17) is 5.84 Å². The van der Waals surface area contributed by atoms with Gasteiger partial charge in [-0.1, -0.05) is 0 Å². The van der Waals surface area contributed by atoms with Gasteiger partial charge in [0.25, 0.3) is 10.0 Å². The Hall–Kier alpha value is -1.20. The molecule has 2 aromatic heterocycles. The molecule has 3 heterocycles. The molecule has 1 unspecified atom stereocenters. The lowest BCUT2D eigenvalue weighted by Gasteiger charge is -2.35. The van der Waals surface area contributed by atoms with Gasteiger partial charge in [-0.25, -0.2) is 14.3 Å². The number of piperidine rings is 1. The predicted octanol–water partition coefficient (Wildman–Crippen LogP) is 0.217. The molecule has 1 aliphatic rings. The van der Waals surface area contributed by atoms with E-state index < -0.39 is 15.6 Å².